The largest absolute Gasteiger partial charge is 0.497 e. The molecule has 1 saturated carbocycles. The standard InChI is InChI=1S/C22H29N3O2/c1-27-20-9-7-17(8-10-20)14-21(26)24-12-3-6-19(16-24)22-23-11-13-25(22)15-18-4-2-5-18/h7-11,13,18-19H,2-6,12,14-16H2,1H3/t19-/m1/s1. The van der Waals surface area contributed by atoms with Gasteiger partial charge in [-0.25, -0.2) is 4.98 Å². The summed E-state index contributed by atoms with van der Waals surface area (Å²) in [7, 11) is 1.66. The predicted octanol–water partition coefficient (Wildman–Crippen LogP) is 3.64. The normalized spacial score (nSPS) is 20.3. The molecule has 1 aliphatic heterocycles. The van der Waals surface area contributed by atoms with Gasteiger partial charge in [0.15, 0.2) is 0 Å². The summed E-state index contributed by atoms with van der Waals surface area (Å²) in [6.07, 6.45) is 10.7. The van der Waals surface area contributed by atoms with Gasteiger partial charge in [-0.05, 0) is 49.3 Å². The molecule has 2 aromatic rings. The van der Waals surface area contributed by atoms with Crippen molar-refractivity contribution in [3.05, 3.63) is 48.0 Å². The van der Waals surface area contributed by atoms with Crippen LogP contribution >= 0.6 is 0 Å². The van der Waals surface area contributed by atoms with E-state index in [0.29, 0.717) is 12.3 Å². The third kappa shape index (κ3) is 4.18. The first kappa shape index (κ1) is 18.1. The first-order valence-electron chi connectivity index (χ1n) is 10.1. The number of imidazole rings is 1. The number of piperidine rings is 1. The Balaban J connectivity index is 1.38. The van der Waals surface area contributed by atoms with Crippen LogP contribution in [-0.4, -0.2) is 40.6 Å². The molecule has 0 radical (unpaired) electrons. The maximum absolute atomic E-state index is 12.8. The van der Waals surface area contributed by atoms with Crippen LogP contribution in [0.15, 0.2) is 36.7 Å². The van der Waals surface area contributed by atoms with E-state index in [0.717, 1.165) is 49.7 Å². The minimum atomic E-state index is 0.210. The summed E-state index contributed by atoms with van der Waals surface area (Å²) in [6, 6.07) is 7.78. The lowest BCUT2D eigenvalue weighted by Crippen LogP contribution is -2.40. The Morgan fingerprint density at radius 3 is 2.70 bits per heavy atom. The van der Waals surface area contributed by atoms with Gasteiger partial charge >= 0.3 is 0 Å². The number of likely N-dealkylation sites (tertiary alicyclic amines) is 1. The van der Waals surface area contributed by atoms with Crippen molar-refractivity contribution in [1.29, 1.82) is 0 Å². The highest BCUT2D eigenvalue weighted by molar-refractivity contribution is 5.79. The van der Waals surface area contributed by atoms with Crippen LogP contribution in [-0.2, 0) is 17.8 Å². The fourth-order valence-electron chi connectivity index (χ4n) is 4.23. The van der Waals surface area contributed by atoms with Gasteiger partial charge in [0.25, 0.3) is 0 Å². The number of benzene rings is 1. The van der Waals surface area contributed by atoms with E-state index in [1.807, 2.05) is 35.4 Å². The number of methoxy groups -OCH3 is 1. The lowest BCUT2D eigenvalue weighted by Gasteiger charge is -2.34. The molecule has 27 heavy (non-hydrogen) atoms. The highest BCUT2D eigenvalue weighted by Gasteiger charge is 2.28. The molecule has 1 atom stereocenters. The van der Waals surface area contributed by atoms with Crippen molar-refractivity contribution in [2.24, 2.45) is 5.92 Å². The molecule has 2 fully saturated rings. The van der Waals surface area contributed by atoms with Crippen LogP contribution in [0.2, 0.25) is 0 Å². The van der Waals surface area contributed by atoms with Gasteiger partial charge in [0, 0.05) is 37.9 Å². The quantitative estimate of drug-likeness (QED) is 0.783. The van der Waals surface area contributed by atoms with E-state index in [1.165, 1.54) is 25.1 Å². The van der Waals surface area contributed by atoms with Crippen molar-refractivity contribution in [2.75, 3.05) is 20.2 Å². The summed E-state index contributed by atoms with van der Waals surface area (Å²) in [5.74, 6) is 3.37. The van der Waals surface area contributed by atoms with Gasteiger partial charge in [-0.3, -0.25) is 4.79 Å². The summed E-state index contributed by atoms with van der Waals surface area (Å²) in [5, 5.41) is 0. The van der Waals surface area contributed by atoms with Gasteiger partial charge in [0.2, 0.25) is 5.91 Å². The molecular formula is C22H29N3O2. The maximum atomic E-state index is 12.8. The number of rotatable bonds is 6. The van der Waals surface area contributed by atoms with Crippen molar-refractivity contribution in [1.82, 2.24) is 14.5 Å². The van der Waals surface area contributed by atoms with Crippen LogP contribution < -0.4 is 4.74 Å². The van der Waals surface area contributed by atoms with E-state index in [-0.39, 0.29) is 5.91 Å². The highest BCUT2D eigenvalue weighted by Crippen LogP contribution is 2.31. The number of carbonyl (C=O) groups excluding carboxylic acids is 1. The minimum absolute atomic E-state index is 0.210. The molecule has 144 valence electrons. The fraction of sp³-hybridized carbons (Fsp3) is 0.545. The van der Waals surface area contributed by atoms with E-state index in [4.69, 9.17) is 4.74 Å². The number of carbonyl (C=O) groups is 1. The number of nitrogens with zero attached hydrogens (tertiary/aromatic N) is 3. The molecule has 2 aliphatic rings. The monoisotopic (exact) mass is 367 g/mol. The second kappa shape index (κ2) is 8.15. The van der Waals surface area contributed by atoms with Crippen LogP contribution in [0.25, 0.3) is 0 Å². The first-order valence-corrected chi connectivity index (χ1v) is 10.1. The smallest absolute Gasteiger partial charge is 0.227 e. The SMILES string of the molecule is COc1ccc(CC(=O)N2CCC[C@@H](c3nccn3CC3CCC3)C2)cc1. The van der Waals surface area contributed by atoms with E-state index in [1.54, 1.807) is 7.11 Å². The molecular weight excluding hydrogens is 338 g/mol. The molecule has 0 unspecified atom stereocenters. The van der Waals surface area contributed by atoms with Gasteiger partial charge < -0.3 is 14.2 Å². The summed E-state index contributed by atoms with van der Waals surface area (Å²) < 4.78 is 7.53. The molecule has 5 heteroatoms. The van der Waals surface area contributed by atoms with E-state index in [2.05, 4.69) is 15.7 Å². The van der Waals surface area contributed by atoms with Gasteiger partial charge in [0.1, 0.15) is 11.6 Å². The van der Waals surface area contributed by atoms with Crippen molar-refractivity contribution >= 4 is 5.91 Å². The Labute approximate surface area is 161 Å². The maximum Gasteiger partial charge on any atom is 0.227 e. The molecule has 0 spiro atoms. The molecule has 1 aromatic heterocycles. The van der Waals surface area contributed by atoms with Gasteiger partial charge in [0.05, 0.1) is 13.5 Å². The molecule has 1 aliphatic carbocycles. The zero-order valence-electron chi connectivity index (χ0n) is 16.1. The predicted molar refractivity (Wildman–Crippen MR) is 105 cm³/mol. The average Bonchev–Trinajstić information content (AvgIpc) is 3.14. The Bertz CT molecular complexity index is 764. The topological polar surface area (TPSA) is 47.4 Å². The molecule has 0 N–H and O–H groups in total. The highest BCUT2D eigenvalue weighted by atomic mass is 16.5. The Kier molecular flexibility index (Phi) is 5.46. The Morgan fingerprint density at radius 1 is 1.19 bits per heavy atom. The minimum Gasteiger partial charge on any atom is -0.497 e. The molecule has 1 saturated heterocycles. The van der Waals surface area contributed by atoms with E-state index >= 15 is 0 Å². The summed E-state index contributed by atoms with van der Waals surface area (Å²) >= 11 is 0. The number of hydrogen-bond acceptors (Lipinski definition) is 3. The van der Waals surface area contributed by atoms with Crippen LogP contribution in [0, 0.1) is 5.92 Å². The van der Waals surface area contributed by atoms with E-state index in [9.17, 15) is 4.79 Å². The third-order valence-corrected chi connectivity index (χ3v) is 6.08. The number of aromatic nitrogens is 2. The van der Waals surface area contributed by atoms with Crippen LogP contribution in [0.5, 0.6) is 5.75 Å². The van der Waals surface area contributed by atoms with E-state index < -0.39 is 0 Å². The number of ether oxygens (including phenoxy) is 1. The molecule has 5 nitrogen and oxygen atoms in total. The van der Waals surface area contributed by atoms with Gasteiger partial charge in [-0.15, -0.1) is 0 Å². The van der Waals surface area contributed by atoms with Crippen molar-refractivity contribution in [2.45, 2.75) is 51.0 Å². The Morgan fingerprint density at radius 2 is 2.00 bits per heavy atom. The lowest BCUT2D eigenvalue weighted by molar-refractivity contribution is -0.131. The van der Waals surface area contributed by atoms with Crippen LogP contribution in [0.1, 0.15) is 49.4 Å². The fourth-order valence-corrected chi connectivity index (χ4v) is 4.23. The Hall–Kier alpha value is -2.30. The summed E-state index contributed by atoms with van der Waals surface area (Å²) in [4.78, 5) is 19.5. The average molecular weight is 367 g/mol. The van der Waals surface area contributed by atoms with Crippen molar-refractivity contribution in [3.8, 4) is 5.75 Å². The van der Waals surface area contributed by atoms with Gasteiger partial charge in [-0.2, -0.15) is 0 Å². The molecule has 1 aromatic carbocycles. The molecule has 0 bridgehead atoms. The molecule has 1 amide bonds. The first-order chi connectivity index (χ1) is 13.2. The second-order valence-electron chi connectivity index (χ2n) is 7.94. The zero-order valence-corrected chi connectivity index (χ0v) is 16.1. The summed E-state index contributed by atoms with van der Waals surface area (Å²) in [5.41, 5.74) is 1.04. The molecule has 4 rings (SSSR count). The summed E-state index contributed by atoms with van der Waals surface area (Å²) in [6.45, 7) is 2.73. The van der Waals surface area contributed by atoms with Crippen molar-refractivity contribution < 1.29 is 9.53 Å². The third-order valence-electron chi connectivity index (χ3n) is 6.08. The van der Waals surface area contributed by atoms with Crippen LogP contribution in [0.4, 0.5) is 0 Å². The zero-order chi connectivity index (χ0) is 18.6. The molecule has 2 heterocycles. The van der Waals surface area contributed by atoms with Crippen molar-refractivity contribution in [3.63, 3.8) is 0 Å². The van der Waals surface area contributed by atoms with Crippen LogP contribution in [0.3, 0.4) is 0 Å². The lowest BCUT2D eigenvalue weighted by atomic mass is 9.85. The number of amides is 1. The number of hydrogen-bond donors (Lipinski definition) is 0. The van der Waals surface area contributed by atoms with Gasteiger partial charge in [-0.1, -0.05) is 18.6 Å². The second-order valence-corrected chi connectivity index (χ2v) is 7.94.